The molecule has 0 radical (unpaired) electrons. The highest BCUT2D eigenvalue weighted by Crippen LogP contribution is 2.06. The molecule has 0 aromatic carbocycles. The molecule has 0 aliphatic heterocycles. The first-order chi connectivity index (χ1) is 7.22. The Labute approximate surface area is 88.8 Å². The average molecular weight is 205 g/mol. The molecule has 0 saturated heterocycles. The van der Waals surface area contributed by atoms with E-state index in [1.165, 1.54) is 5.69 Å². The van der Waals surface area contributed by atoms with Crippen LogP contribution in [0.1, 0.15) is 24.1 Å². The Morgan fingerprint density at radius 2 is 2.07 bits per heavy atom. The van der Waals surface area contributed by atoms with Crippen LogP contribution in [0.25, 0.3) is 0 Å². The molecular weight excluding hydrogens is 190 g/mol. The number of imidazole rings is 1. The minimum atomic E-state index is 0.737. The first-order valence-corrected chi connectivity index (χ1v) is 5.07. The van der Waals surface area contributed by atoms with E-state index < -0.39 is 0 Å². The molecule has 2 rings (SSSR count). The molecule has 0 aliphatic rings. The number of aryl methyl sites for hydroxylation is 2. The Morgan fingerprint density at radius 3 is 2.67 bits per heavy atom. The minimum Gasteiger partial charge on any atom is -0.327 e. The van der Waals surface area contributed by atoms with Crippen LogP contribution in [0.2, 0.25) is 0 Å². The quantitative estimate of drug-likeness (QED) is 0.755. The lowest BCUT2D eigenvalue weighted by Crippen LogP contribution is -2.09. The van der Waals surface area contributed by atoms with Gasteiger partial charge < -0.3 is 4.57 Å². The molecule has 0 aliphatic carbocycles. The van der Waals surface area contributed by atoms with E-state index in [1.807, 2.05) is 17.9 Å². The first kappa shape index (κ1) is 9.89. The predicted octanol–water partition coefficient (Wildman–Crippen LogP) is 1.16. The topological polar surface area (TPSA) is 48.5 Å². The van der Waals surface area contributed by atoms with Crippen LogP contribution < -0.4 is 0 Å². The molecule has 0 unspecified atom stereocenters. The zero-order valence-corrected chi connectivity index (χ0v) is 9.30. The van der Waals surface area contributed by atoms with Crippen LogP contribution >= 0.6 is 0 Å². The fourth-order valence-electron chi connectivity index (χ4n) is 1.53. The summed E-state index contributed by atoms with van der Waals surface area (Å²) in [6.45, 7) is 7.72. The third kappa shape index (κ3) is 1.77. The lowest BCUT2D eigenvalue weighted by molar-refractivity contribution is 0.587. The summed E-state index contributed by atoms with van der Waals surface area (Å²) in [6, 6.07) is 0. The van der Waals surface area contributed by atoms with Gasteiger partial charge in [0, 0.05) is 12.2 Å². The van der Waals surface area contributed by atoms with Crippen LogP contribution in [0.4, 0.5) is 0 Å². The summed E-state index contributed by atoms with van der Waals surface area (Å²) in [7, 11) is 0. The number of rotatable bonds is 3. The summed E-state index contributed by atoms with van der Waals surface area (Å²) in [5.74, 6) is 0.970. The Kier molecular flexibility index (Phi) is 2.53. The average Bonchev–Trinajstić information content (AvgIpc) is 2.80. The molecule has 0 N–H and O–H groups in total. The Bertz CT molecular complexity index is 454. The van der Waals surface area contributed by atoms with E-state index in [0.717, 1.165) is 24.6 Å². The second kappa shape index (κ2) is 3.84. The number of aromatic nitrogens is 5. The first-order valence-electron chi connectivity index (χ1n) is 5.07. The van der Waals surface area contributed by atoms with Gasteiger partial charge in [-0.25, -0.2) is 14.6 Å². The summed E-state index contributed by atoms with van der Waals surface area (Å²) >= 11 is 0. The van der Waals surface area contributed by atoms with Gasteiger partial charge in [0.1, 0.15) is 12.2 Å². The summed E-state index contributed by atoms with van der Waals surface area (Å²) < 4.78 is 3.99. The van der Waals surface area contributed by atoms with Gasteiger partial charge in [-0.2, -0.15) is 5.10 Å². The van der Waals surface area contributed by atoms with Crippen LogP contribution in [0.3, 0.4) is 0 Å². The Balaban J connectivity index is 2.25. The van der Waals surface area contributed by atoms with Crippen LogP contribution in [-0.2, 0) is 13.1 Å². The Hall–Kier alpha value is -1.65. The normalized spacial score (nSPS) is 10.9. The molecular formula is C10H15N5. The fourth-order valence-corrected chi connectivity index (χ4v) is 1.53. The van der Waals surface area contributed by atoms with E-state index in [9.17, 15) is 0 Å². The summed E-state index contributed by atoms with van der Waals surface area (Å²) in [5.41, 5.74) is 2.25. The highest BCUT2D eigenvalue weighted by atomic mass is 15.3. The summed E-state index contributed by atoms with van der Waals surface area (Å²) in [4.78, 5) is 8.49. The molecule has 0 spiro atoms. The van der Waals surface area contributed by atoms with Gasteiger partial charge >= 0.3 is 0 Å². The molecule has 80 valence electrons. The molecule has 2 aromatic rings. The summed E-state index contributed by atoms with van der Waals surface area (Å²) in [5, 5.41) is 4.14. The monoisotopic (exact) mass is 205 g/mol. The molecule has 0 amide bonds. The SMILES string of the molecule is CCn1ncnc1Cn1cnc(C)c1C. The molecule has 0 fully saturated rings. The molecule has 5 nitrogen and oxygen atoms in total. The van der Waals surface area contributed by atoms with E-state index >= 15 is 0 Å². The summed E-state index contributed by atoms with van der Waals surface area (Å²) in [6.07, 6.45) is 3.44. The van der Waals surface area contributed by atoms with Gasteiger partial charge in [0.25, 0.3) is 0 Å². The van der Waals surface area contributed by atoms with Gasteiger partial charge in [-0.1, -0.05) is 0 Å². The number of hydrogen-bond acceptors (Lipinski definition) is 3. The Morgan fingerprint density at radius 1 is 1.27 bits per heavy atom. The standard InChI is InChI=1S/C10H15N5/c1-4-15-10(11-6-13-15)5-14-7-12-8(2)9(14)3/h6-7H,4-5H2,1-3H3. The maximum absolute atomic E-state index is 4.26. The zero-order valence-electron chi connectivity index (χ0n) is 9.30. The molecule has 2 aromatic heterocycles. The van der Waals surface area contributed by atoms with Crippen molar-refractivity contribution >= 4 is 0 Å². The van der Waals surface area contributed by atoms with Crippen molar-refractivity contribution in [2.24, 2.45) is 0 Å². The van der Waals surface area contributed by atoms with Gasteiger partial charge in [0.2, 0.25) is 0 Å². The number of nitrogens with zero attached hydrogens (tertiary/aromatic N) is 5. The zero-order chi connectivity index (χ0) is 10.8. The lowest BCUT2D eigenvalue weighted by Gasteiger charge is -2.05. The van der Waals surface area contributed by atoms with Crippen LogP contribution in [-0.4, -0.2) is 24.3 Å². The van der Waals surface area contributed by atoms with Crippen molar-refractivity contribution in [3.63, 3.8) is 0 Å². The number of hydrogen-bond donors (Lipinski definition) is 0. The largest absolute Gasteiger partial charge is 0.327 e. The van der Waals surface area contributed by atoms with Crippen molar-refractivity contribution in [2.45, 2.75) is 33.9 Å². The van der Waals surface area contributed by atoms with Crippen molar-refractivity contribution in [3.05, 3.63) is 29.9 Å². The molecule has 0 bridgehead atoms. The van der Waals surface area contributed by atoms with Gasteiger partial charge in [-0.3, -0.25) is 0 Å². The van der Waals surface area contributed by atoms with Crippen LogP contribution in [0.5, 0.6) is 0 Å². The van der Waals surface area contributed by atoms with Crippen molar-refractivity contribution in [3.8, 4) is 0 Å². The van der Waals surface area contributed by atoms with Gasteiger partial charge in [-0.05, 0) is 20.8 Å². The third-order valence-electron chi connectivity index (χ3n) is 2.65. The molecule has 2 heterocycles. The van der Waals surface area contributed by atoms with Crippen molar-refractivity contribution < 1.29 is 0 Å². The van der Waals surface area contributed by atoms with Crippen molar-refractivity contribution in [1.29, 1.82) is 0 Å². The maximum Gasteiger partial charge on any atom is 0.146 e. The minimum absolute atomic E-state index is 0.737. The highest BCUT2D eigenvalue weighted by Gasteiger charge is 2.06. The molecule has 5 heteroatoms. The molecule has 0 saturated carbocycles. The van der Waals surface area contributed by atoms with Gasteiger partial charge in [0.15, 0.2) is 0 Å². The van der Waals surface area contributed by atoms with E-state index in [0.29, 0.717) is 0 Å². The van der Waals surface area contributed by atoms with Gasteiger partial charge in [0.05, 0.1) is 18.6 Å². The van der Waals surface area contributed by atoms with Crippen LogP contribution in [0, 0.1) is 13.8 Å². The van der Waals surface area contributed by atoms with Crippen LogP contribution in [0.15, 0.2) is 12.7 Å². The molecule has 15 heavy (non-hydrogen) atoms. The third-order valence-corrected chi connectivity index (χ3v) is 2.65. The van der Waals surface area contributed by atoms with Gasteiger partial charge in [-0.15, -0.1) is 0 Å². The van der Waals surface area contributed by atoms with E-state index in [2.05, 4.69) is 33.5 Å². The predicted molar refractivity (Wildman–Crippen MR) is 56.5 cm³/mol. The second-order valence-electron chi connectivity index (χ2n) is 3.54. The second-order valence-corrected chi connectivity index (χ2v) is 3.54. The van der Waals surface area contributed by atoms with E-state index in [1.54, 1.807) is 6.33 Å². The highest BCUT2D eigenvalue weighted by molar-refractivity contribution is 5.09. The van der Waals surface area contributed by atoms with Crippen molar-refractivity contribution in [1.82, 2.24) is 24.3 Å². The van der Waals surface area contributed by atoms with E-state index in [4.69, 9.17) is 0 Å². The smallest absolute Gasteiger partial charge is 0.146 e. The van der Waals surface area contributed by atoms with Crippen molar-refractivity contribution in [2.75, 3.05) is 0 Å². The van der Waals surface area contributed by atoms with E-state index in [-0.39, 0.29) is 0 Å². The maximum atomic E-state index is 4.26. The molecule has 0 atom stereocenters. The fraction of sp³-hybridized carbons (Fsp3) is 0.500. The lowest BCUT2D eigenvalue weighted by atomic mass is 10.4.